The molecule has 5 nitrogen and oxygen atoms in total. The Morgan fingerprint density at radius 2 is 2.00 bits per heavy atom. The van der Waals surface area contributed by atoms with Gasteiger partial charge in [0.25, 0.3) is 0 Å². The van der Waals surface area contributed by atoms with Gasteiger partial charge in [-0.05, 0) is 57.2 Å². The van der Waals surface area contributed by atoms with Crippen LogP contribution < -0.4 is 15.4 Å². The maximum Gasteiger partial charge on any atom is 0.191 e. The Hall–Kier alpha value is -1.02. The van der Waals surface area contributed by atoms with Crippen molar-refractivity contribution in [2.75, 3.05) is 41.3 Å². The van der Waals surface area contributed by atoms with Crippen molar-refractivity contribution in [3.63, 3.8) is 0 Å². The number of nitrogens with zero attached hydrogens (tertiary/aromatic N) is 2. The van der Waals surface area contributed by atoms with Gasteiger partial charge in [0.2, 0.25) is 0 Å². The second-order valence-corrected chi connectivity index (χ2v) is 5.30. The van der Waals surface area contributed by atoms with Crippen LogP contribution >= 0.6 is 24.0 Å². The molecule has 126 valence electrons. The van der Waals surface area contributed by atoms with Crippen LogP contribution in [0.3, 0.4) is 0 Å². The van der Waals surface area contributed by atoms with Gasteiger partial charge >= 0.3 is 0 Å². The van der Waals surface area contributed by atoms with Crippen LogP contribution in [0.1, 0.15) is 17.5 Å². The average molecular weight is 420 g/mol. The Labute approximate surface area is 151 Å². The van der Waals surface area contributed by atoms with Gasteiger partial charge in [-0.3, -0.25) is 4.99 Å². The first-order valence-corrected chi connectivity index (χ1v) is 7.29. The third-order valence-electron chi connectivity index (χ3n) is 3.29. The standard InChI is InChI=1S/C16H28N4O.HI/c1-13-11-15(21-5)8-7-14(13)12-19-16(17-2)18-9-6-10-20(3)4;/h7-8,11H,6,9-10,12H2,1-5H3,(H2,17,18,19);1H. The summed E-state index contributed by atoms with van der Waals surface area (Å²) < 4.78 is 5.22. The van der Waals surface area contributed by atoms with E-state index in [1.807, 2.05) is 12.1 Å². The van der Waals surface area contributed by atoms with E-state index in [1.165, 1.54) is 11.1 Å². The van der Waals surface area contributed by atoms with E-state index in [9.17, 15) is 0 Å². The fraction of sp³-hybridized carbons (Fsp3) is 0.562. The van der Waals surface area contributed by atoms with E-state index in [0.29, 0.717) is 0 Å². The smallest absolute Gasteiger partial charge is 0.191 e. The number of aryl methyl sites for hydroxylation is 1. The Morgan fingerprint density at radius 1 is 1.27 bits per heavy atom. The molecule has 0 aromatic heterocycles. The van der Waals surface area contributed by atoms with Gasteiger partial charge < -0.3 is 20.3 Å². The van der Waals surface area contributed by atoms with Gasteiger partial charge in [0.1, 0.15) is 5.75 Å². The molecular weight excluding hydrogens is 391 g/mol. The quantitative estimate of drug-likeness (QED) is 0.308. The van der Waals surface area contributed by atoms with E-state index in [4.69, 9.17) is 4.74 Å². The molecule has 1 aromatic carbocycles. The van der Waals surface area contributed by atoms with E-state index in [1.54, 1.807) is 14.2 Å². The Balaban J connectivity index is 0.00000441. The van der Waals surface area contributed by atoms with Gasteiger partial charge in [-0.1, -0.05) is 6.07 Å². The van der Waals surface area contributed by atoms with Crippen molar-refractivity contribution in [3.8, 4) is 5.75 Å². The summed E-state index contributed by atoms with van der Waals surface area (Å²) in [5.41, 5.74) is 2.46. The molecule has 22 heavy (non-hydrogen) atoms. The number of ether oxygens (including phenoxy) is 1. The van der Waals surface area contributed by atoms with Crippen molar-refractivity contribution < 1.29 is 4.74 Å². The van der Waals surface area contributed by atoms with Gasteiger partial charge in [0, 0.05) is 20.1 Å². The van der Waals surface area contributed by atoms with Gasteiger partial charge in [-0.2, -0.15) is 0 Å². The number of nitrogens with one attached hydrogen (secondary N) is 2. The molecule has 6 heteroatoms. The first-order valence-electron chi connectivity index (χ1n) is 7.29. The van der Waals surface area contributed by atoms with Gasteiger partial charge in [-0.25, -0.2) is 0 Å². The van der Waals surface area contributed by atoms with Crippen LogP contribution in [0.4, 0.5) is 0 Å². The minimum Gasteiger partial charge on any atom is -0.497 e. The lowest BCUT2D eigenvalue weighted by atomic mass is 10.1. The van der Waals surface area contributed by atoms with Crippen LogP contribution in [0.5, 0.6) is 5.75 Å². The van der Waals surface area contributed by atoms with Gasteiger partial charge in [-0.15, -0.1) is 24.0 Å². The van der Waals surface area contributed by atoms with E-state index >= 15 is 0 Å². The van der Waals surface area contributed by atoms with Crippen molar-refractivity contribution in [1.29, 1.82) is 0 Å². The van der Waals surface area contributed by atoms with E-state index < -0.39 is 0 Å². The predicted molar refractivity (Wildman–Crippen MR) is 105 cm³/mol. The van der Waals surface area contributed by atoms with Crippen molar-refractivity contribution in [2.45, 2.75) is 19.9 Å². The number of halogens is 1. The number of benzene rings is 1. The molecule has 1 aromatic rings. The highest BCUT2D eigenvalue weighted by Crippen LogP contribution is 2.16. The lowest BCUT2D eigenvalue weighted by molar-refractivity contribution is 0.399. The fourth-order valence-electron chi connectivity index (χ4n) is 2.00. The number of guanidine groups is 1. The van der Waals surface area contributed by atoms with Crippen molar-refractivity contribution in [3.05, 3.63) is 29.3 Å². The SMILES string of the molecule is CN=C(NCCCN(C)C)NCc1ccc(OC)cc1C.I. The molecule has 0 aliphatic rings. The largest absolute Gasteiger partial charge is 0.497 e. The summed E-state index contributed by atoms with van der Waals surface area (Å²) in [6.45, 7) is 4.83. The molecular formula is C16H29IN4O. The molecule has 0 spiro atoms. The highest BCUT2D eigenvalue weighted by atomic mass is 127. The molecule has 0 heterocycles. The molecule has 0 aliphatic heterocycles. The predicted octanol–water partition coefficient (Wildman–Crippen LogP) is 2.24. The minimum atomic E-state index is 0. The fourth-order valence-corrected chi connectivity index (χ4v) is 2.00. The van der Waals surface area contributed by atoms with Crippen molar-refractivity contribution in [2.24, 2.45) is 4.99 Å². The molecule has 0 unspecified atom stereocenters. The highest BCUT2D eigenvalue weighted by molar-refractivity contribution is 14.0. The molecule has 2 N–H and O–H groups in total. The van der Waals surface area contributed by atoms with E-state index in [0.717, 1.165) is 37.8 Å². The maximum absolute atomic E-state index is 5.22. The second-order valence-electron chi connectivity index (χ2n) is 5.30. The maximum atomic E-state index is 5.22. The number of methoxy groups -OCH3 is 1. The van der Waals surface area contributed by atoms with Crippen molar-refractivity contribution >= 4 is 29.9 Å². The zero-order valence-electron chi connectivity index (χ0n) is 14.3. The summed E-state index contributed by atoms with van der Waals surface area (Å²) in [5.74, 6) is 1.73. The van der Waals surface area contributed by atoms with E-state index in [2.05, 4.69) is 47.6 Å². The lowest BCUT2D eigenvalue weighted by Gasteiger charge is -2.14. The van der Waals surface area contributed by atoms with E-state index in [-0.39, 0.29) is 24.0 Å². The summed E-state index contributed by atoms with van der Waals surface area (Å²) in [6.07, 6.45) is 1.09. The third-order valence-corrected chi connectivity index (χ3v) is 3.29. The molecule has 0 fully saturated rings. The molecule has 0 saturated heterocycles. The zero-order chi connectivity index (χ0) is 15.7. The molecule has 0 aliphatic carbocycles. The van der Waals surface area contributed by atoms with Crippen molar-refractivity contribution in [1.82, 2.24) is 15.5 Å². The Bertz CT molecular complexity index is 463. The summed E-state index contributed by atoms with van der Waals surface area (Å²) in [5, 5.41) is 6.66. The molecule has 0 saturated carbocycles. The molecule has 1 rings (SSSR count). The first-order chi connectivity index (χ1) is 10.1. The van der Waals surface area contributed by atoms with Gasteiger partial charge in [0.05, 0.1) is 7.11 Å². The summed E-state index contributed by atoms with van der Waals surface area (Å²) in [4.78, 5) is 6.42. The van der Waals surface area contributed by atoms with Crippen LogP contribution in [0.2, 0.25) is 0 Å². The number of rotatable bonds is 7. The molecule has 0 amide bonds. The van der Waals surface area contributed by atoms with Crippen LogP contribution in [-0.2, 0) is 6.54 Å². The number of hydrogen-bond donors (Lipinski definition) is 2. The molecule has 0 atom stereocenters. The van der Waals surface area contributed by atoms with Crippen LogP contribution in [0.25, 0.3) is 0 Å². The monoisotopic (exact) mass is 420 g/mol. The number of aliphatic imine (C=N–C) groups is 1. The first kappa shape index (κ1) is 21.0. The summed E-state index contributed by atoms with van der Waals surface area (Å²) in [7, 11) is 7.65. The lowest BCUT2D eigenvalue weighted by Crippen LogP contribution is -2.38. The average Bonchev–Trinajstić information content (AvgIpc) is 2.47. The van der Waals surface area contributed by atoms with Crippen LogP contribution in [0.15, 0.2) is 23.2 Å². The number of hydrogen-bond acceptors (Lipinski definition) is 3. The minimum absolute atomic E-state index is 0. The van der Waals surface area contributed by atoms with Crippen LogP contribution in [-0.4, -0.2) is 52.2 Å². The van der Waals surface area contributed by atoms with Crippen LogP contribution in [0, 0.1) is 6.92 Å². The topological polar surface area (TPSA) is 48.9 Å². The summed E-state index contributed by atoms with van der Waals surface area (Å²) in [6, 6.07) is 6.11. The zero-order valence-corrected chi connectivity index (χ0v) is 16.6. The molecule has 0 radical (unpaired) electrons. The Morgan fingerprint density at radius 3 is 2.55 bits per heavy atom. The summed E-state index contributed by atoms with van der Waals surface area (Å²) >= 11 is 0. The molecule has 0 bridgehead atoms. The Kier molecular flexibility index (Phi) is 11.0. The normalized spacial score (nSPS) is 11.1. The highest BCUT2D eigenvalue weighted by Gasteiger charge is 2.02. The second kappa shape index (κ2) is 11.5. The van der Waals surface area contributed by atoms with Gasteiger partial charge in [0.15, 0.2) is 5.96 Å². The third kappa shape index (κ3) is 7.84.